The number of hydrogen-bond donors (Lipinski definition) is 1. The predicted molar refractivity (Wildman–Crippen MR) is 81.4 cm³/mol. The molecular weight excluding hydrogens is 317 g/mol. The zero-order valence-electron chi connectivity index (χ0n) is 12.8. The molecule has 0 aliphatic carbocycles. The Hall–Kier alpha value is -3.16. The molecule has 3 aromatic rings. The van der Waals surface area contributed by atoms with E-state index < -0.39 is 11.7 Å². The highest BCUT2D eigenvalue weighted by atomic mass is 19.1. The third-order valence-electron chi connectivity index (χ3n) is 3.34. The molecule has 0 radical (unpaired) electrons. The summed E-state index contributed by atoms with van der Waals surface area (Å²) in [6.45, 7) is 1.58. The van der Waals surface area contributed by atoms with Gasteiger partial charge < -0.3 is 14.2 Å². The van der Waals surface area contributed by atoms with Gasteiger partial charge >= 0.3 is 5.76 Å². The first-order valence-corrected chi connectivity index (χ1v) is 7.16. The fraction of sp³-hybridized carbons (Fsp3) is 0.188. The van der Waals surface area contributed by atoms with Crippen LogP contribution >= 0.6 is 0 Å². The molecule has 124 valence electrons. The van der Waals surface area contributed by atoms with E-state index in [9.17, 15) is 14.0 Å². The van der Waals surface area contributed by atoms with Gasteiger partial charge in [-0.1, -0.05) is 12.1 Å². The summed E-state index contributed by atoms with van der Waals surface area (Å²) < 4.78 is 24.1. The van der Waals surface area contributed by atoms with Gasteiger partial charge in [0.15, 0.2) is 5.76 Å². The second-order valence-corrected chi connectivity index (χ2v) is 5.17. The minimum Gasteiger partial charge on any atom is -0.459 e. The van der Waals surface area contributed by atoms with Crippen LogP contribution < -0.4 is 11.1 Å². The van der Waals surface area contributed by atoms with Crippen LogP contribution in [0.2, 0.25) is 0 Å². The van der Waals surface area contributed by atoms with Crippen molar-refractivity contribution in [1.82, 2.24) is 15.1 Å². The maximum Gasteiger partial charge on any atom is 0.437 e. The lowest BCUT2D eigenvalue weighted by atomic mass is 10.1. The minimum absolute atomic E-state index is 0.00644. The number of halogens is 1. The number of carbonyl (C=O) groups excluding carboxylic acids is 1. The van der Waals surface area contributed by atoms with Crippen molar-refractivity contribution in [2.45, 2.75) is 20.0 Å². The molecule has 0 aliphatic heterocycles. The van der Waals surface area contributed by atoms with Gasteiger partial charge in [-0.05, 0) is 36.2 Å². The molecule has 0 aliphatic rings. The number of aryl methyl sites for hydroxylation is 1. The van der Waals surface area contributed by atoms with Crippen LogP contribution in [0, 0.1) is 12.7 Å². The fourth-order valence-electron chi connectivity index (χ4n) is 2.12. The molecule has 0 saturated carbocycles. The first kappa shape index (κ1) is 15.7. The SMILES string of the molecule is Cc1cc(CNC(=O)Cn2nc(-c3ccco3)oc2=O)ccc1F. The number of carbonyl (C=O) groups is 1. The molecule has 0 fully saturated rings. The van der Waals surface area contributed by atoms with Gasteiger partial charge in [-0.25, -0.2) is 9.18 Å². The van der Waals surface area contributed by atoms with E-state index in [1.165, 1.54) is 12.3 Å². The van der Waals surface area contributed by atoms with Crippen molar-refractivity contribution in [3.8, 4) is 11.7 Å². The predicted octanol–water partition coefficient (Wildman–Crippen LogP) is 1.86. The Bertz CT molecular complexity index is 912. The van der Waals surface area contributed by atoms with Gasteiger partial charge in [0.25, 0.3) is 5.89 Å². The van der Waals surface area contributed by atoms with Crippen molar-refractivity contribution in [3.05, 3.63) is 64.1 Å². The molecule has 2 heterocycles. The van der Waals surface area contributed by atoms with Crippen molar-refractivity contribution in [2.75, 3.05) is 0 Å². The maximum atomic E-state index is 13.2. The van der Waals surface area contributed by atoms with Crippen LogP contribution in [0.1, 0.15) is 11.1 Å². The van der Waals surface area contributed by atoms with E-state index in [0.29, 0.717) is 11.3 Å². The summed E-state index contributed by atoms with van der Waals surface area (Å²) in [5, 5.41) is 6.55. The largest absolute Gasteiger partial charge is 0.459 e. The third kappa shape index (κ3) is 3.43. The smallest absolute Gasteiger partial charge is 0.437 e. The van der Waals surface area contributed by atoms with Gasteiger partial charge in [-0.15, -0.1) is 5.10 Å². The number of furan rings is 1. The van der Waals surface area contributed by atoms with Crippen molar-refractivity contribution >= 4 is 5.91 Å². The topological polar surface area (TPSA) is 90.3 Å². The Labute approximate surface area is 135 Å². The molecule has 1 amide bonds. The van der Waals surface area contributed by atoms with Crippen LogP contribution in [0.4, 0.5) is 4.39 Å². The first-order valence-electron chi connectivity index (χ1n) is 7.16. The molecule has 8 heteroatoms. The fourth-order valence-corrected chi connectivity index (χ4v) is 2.12. The van der Waals surface area contributed by atoms with Crippen molar-refractivity contribution in [2.24, 2.45) is 0 Å². The Morgan fingerprint density at radius 1 is 1.38 bits per heavy atom. The molecule has 24 heavy (non-hydrogen) atoms. The normalized spacial score (nSPS) is 10.8. The summed E-state index contributed by atoms with van der Waals surface area (Å²) in [6, 6.07) is 7.79. The van der Waals surface area contributed by atoms with E-state index in [2.05, 4.69) is 10.4 Å². The summed E-state index contributed by atoms with van der Waals surface area (Å²) in [6.07, 6.45) is 1.42. The van der Waals surface area contributed by atoms with E-state index in [-0.39, 0.29) is 24.8 Å². The highest BCUT2D eigenvalue weighted by molar-refractivity contribution is 5.75. The second-order valence-electron chi connectivity index (χ2n) is 5.17. The Morgan fingerprint density at radius 2 is 2.21 bits per heavy atom. The number of nitrogens with one attached hydrogen (secondary N) is 1. The van der Waals surface area contributed by atoms with Crippen LogP contribution in [0.3, 0.4) is 0 Å². The van der Waals surface area contributed by atoms with E-state index in [0.717, 1.165) is 10.2 Å². The van der Waals surface area contributed by atoms with E-state index in [1.807, 2.05) is 0 Å². The average Bonchev–Trinajstić information content (AvgIpc) is 3.19. The first-order chi connectivity index (χ1) is 11.5. The highest BCUT2D eigenvalue weighted by Crippen LogP contribution is 2.15. The molecule has 3 rings (SSSR count). The van der Waals surface area contributed by atoms with E-state index >= 15 is 0 Å². The Morgan fingerprint density at radius 3 is 2.92 bits per heavy atom. The molecule has 7 nitrogen and oxygen atoms in total. The average molecular weight is 331 g/mol. The van der Waals surface area contributed by atoms with Crippen molar-refractivity contribution in [1.29, 1.82) is 0 Å². The number of benzene rings is 1. The highest BCUT2D eigenvalue weighted by Gasteiger charge is 2.14. The monoisotopic (exact) mass is 331 g/mol. The van der Waals surface area contributed by atoms with Crippen molar-refractivity contribution in [3.63, 3.8) is 0 Å². The Balaban J connectivity index is 1.63. The molecule has 0 saturated heterocycles. The van der Waals surface area contributed by atoms with Gasteiger partial charge in [0.05, 0.1) is 6.26 Å². The summed E-state index contributed by atoms with van der Waals surface area (Å²) in [5.41, 5.74) is 1.25. The lowest BCUT2D eigenvalue weighted by Gasteiger charge is -2.06. The van der Waals surface area contributed by atoms with Gasteiger partial charge in [0.2, 0.25) is 5.91 Å². The van der Waals surface area contributed by atoms with Crippen LogP contribution in [-0.2, 0) is 17.9 Å². The number of hydrogen-bond acceptors (Lipinski definition) is 5. The molecule has 0 atom stereocenters. The lowest BCUT2D eigenvalue weighted by Crippen LogP contribution is -2.31. The van der Waals surface area contributed by atoms with Gasteiger partial charge in [0, 0.05) is 6.54 Å². The minimum atomic E-state index is -0.755. The Kier molecular flexibility index (Phi) is 4.28. The number of amides is 1. The molecule has 1 aromatic carbocycles. The molecule has 0 spiro atoms. The molecular formula is C16H14FN3O4. The lowest BCUT2D eigenvalue weighted by molar-refractivity contribution is -0.122. The zero-order chi connectivity index (χ0) is 17.1. The third-order valence-corrected chi connectivity index (χ3v) is 3.34. The summed E-state index contributed by atoms with van der Waals surface area (Å²) in [5.74, 6) is -1.17. The standard InChI is InChI=1S/C16H14FN3O4/c1-10-7-11(4-5-12(10)17)8-18-14(21)9-20-16(22)24-15(19-20)13-3-2-6-23-13/h2-7H,8-9H2,1H3,(H,18,21). The van der Waals surface area contributed by atoms with Gasteiger partial charge in [-0.2, -0.15) is 4.68 Å². The van der Waals surface area contributed by atoms with E-state index in [1.54, 1.807) is 31.2 Å². The van der Waals surface area contributed by atoms with Crippen molar-refractivity contribution < 1.29 is 18.0 Å². The van der Waals surface area contributed by atoms with Gasteiger partial charge in [-0.3, -0.25) is 4.79 Å². The maximum absolute atomic E-state index is 13.2. The summed E-state index contributed by atoms with van der Waals surface area (Å²) >= 11 is 0. The second kappa shape index (κ2) is 6.53. The summed E-state index contributed by atoms with van der Waals surface area (Å²) in [4.78, 5) is 23.6. The van der Waals surface area contributed by atoms with Crippen LogP contribution in [0.5, 0.6) is 0 Å². The van der Waals surface area contributed by atoms with Crippen LogP contribution in [0.25, 0.3) is 11.7 Å². The van der Waals surface area contributed by atoms with Gasteiger partial charge in [0.1, 0.15) is 12.4 Å². The zero-order valence-corrected chi connectivity index (χ0v) is 12.8. The summed E-state index contributed by atoms with van der Waals surface area (Å²) in [7, 11) is 0. The molecule has 1 N–H and O–H groups in total. The molecule has 0 unspecified atom stereocenters. The van der Waals surface area contributed by atoms with E-state index in [4.69, 9.17) is 8.83 Å². The van der Waals surface area contributed by atoms with Crippen LogP contribution in [-0.4, -0.2) is 15.7 Å². The molecule has 2 aromatic heterocycles. The molecule has 0 bridgehead atoms. The number of nitrogens with zero attached hydrogens (tertiary/aromatic N) is 2. The number of aromatic nitrogens is 2. The number of rotatable bonds is 5. The quantitative estimate of drug-likeness (QED) is 0.771. The van der Waals surface area contributed by atoms with Crippen LogP contribution in [0.15, 0.2) is 50.2 Å².